The molecular formula is C33H45F3N2O3Si. The molecule has 0 bridgehead atoms. The number of ether oxygens (including phenoxy) is 1. The number of nitrogens with zero attached hydrogens (tertiary/aromatic N) is 2. The van der Waals surface area contributed by atoms with Crippen molar-refractivity contribution < 1.29 is 27.4 Å². The number of aromatic nitrogens is 2. The molecule has 2 atom stereocenters. The van der Waals surface area contributed by atoms with Gasteiger partial charge < -0.3 is 14.3 Å². The summed E-state index contributed by atoms with van der Waals surface area (Å²) in [6, 6.07) is 2.27. The Balaban J connectivity index is 1.75. The first-order chi connectivity index (χ1) is 19.5. The number of pyridine rings is 2. The Bertz CT molecular complexity index is 1340. The van der Waals surface area contributed by atoms with E-state index in [9.17, 15) is 18.3 Å². The largest absolute Gasteiger partial charge is 0.417 e. The number of hydrogen-bond donors (Lipinski definition) is 1. The average molecular weight is 603 g/mol. The fourth-order valence-electron chi connectivity index (χ4n) is 6.48. The predicted octanol–water partition coefficient (Wildman–Crippen LogP) is 8.68. The van der Waals surface area contributed by atoms with Crippen LogP contribution in [0.3, 0.4) is 0 Å². The van der Waals surface area contributed by atoms with E-state index in [1.807, 2.05) is 0 Å². The highest BCUT2D eigenvalue weighted by Crippen LogP contribution is 2.57. The topological polar surface area (TPSA) is 64.5 Å². The maximum absolute atomic E-state index is 13.3. The molecular weight excluding hydrogens is 557 g/mol. The van der Waals surface area contributed by atoms with Gasteiger partial charge in [0, 0.05) is 23.0 Å². The van der Waals surface area contributed by atoms with Crippen LogP contribution in [0, 0.1) is 5.41 Å². The first-order valence-electron chi connectivity index (χ1n) is 15.3. The molecule has 5 rings (SSSR count). The van der Waals surface area contributed by atoms with Crippen molar-refractivity contribution in [1.82, 2.24) is 9.97 Å². The molecule has 1 N–H and O–H groups in total. The molecule has 2 aromatic heterocycles. The zero-order valence-electron chi connectivity index (χ0n) is 26.0. The van der Waals surface area contributed by atoms with E-state index in [1.54, 1.807) is 0 Å². The quantitative estimate of drug-likeness (QED) is 0.335. The number of aliphatic hydroxyl groups excluding tert-OH is 1. The molecule has 1 spiro atoms. The van der Waals surface area contributed by atoms with Crippen molar-refractivity contribution in [3.8, 4) is 0 Å². The summed E-state index contributed by atoms with van der Waals surface area (Å²) in [5, 5.41) is 12.0. The highest BCUT2D eigenvalue weighted by Gasteiger charge is 2.49. The fourth-order valence-corrected chi connectivity index (χ4v) is 7.74. The Hall–Kier alpha value is -2.07. The van der Waals surface area contributed by atoms with Gasteiger partial charge >= 0.3 is 6.18 Å². The van der Waals surface area contributed by atoms with Crippen molar-refractivity contribution in [3.63, 3.8) is 0 Å². The lowest BCUT2D eigenvalue weighted by Gasteiger charge is -2.51. The SMILES string of the molecule is CC(C)c1nc2c(c(C3=CCOCC3)c1C(O)c1ccc(C(F)(F)F)cn1)C(O[Si](C)(C)C(C)(C)C)CC1(CCC1)C2. The lowest BCUT2D eigenvalue weighted by Crippen LogP contribution is -2.46. The lowest BCUT2D eigenvalue weighted by atomic mass is 9.59. The van der Waals surface area contributed by atoms with Gasteiger partial charge in [0.05, 0.1) is 36.3 Å². The molecule has 3 aliphatic rings. The van der Waals surface area contributed by atoms with Gasteiger partial charge in [-0.05, 0) is 84.8 Å². The van der Waals surface area contributed by atoms with Crippen molar-refractivity contribution in [2.45, 2.75) is 116 Å². The summed E-state index contributed by atoms with van der Waals surface area (Å²) in [6.07, 6.45) is 2.97. The van der Waals surface area contributed by atoms with Crippen LogP contribution in [0.2, 0.25) is 18.1 Å². The second kappa shape index (κ2) is 11.1. The Labute approximate surface area is 249 Å². The highest BCUT2D eigenvalue weighted by molar-refractivity contribution is 6.74. The van der Waals surface area contributed by atoms with Crippen molar-refractivity contribution in [1.29, 1.82) is 0 Å². The number of rotatable bonds is 6. The molecule has 5 nitrogen and oxygen atoms in total. The Kier molecular flexibility index (Phi) is 8.31. The van der Waals surface area contributed by atoms with E-state index in [0.29, 0.717) is 25.2 Å². The third-order valence-electron chi connectivity index (χ3n) is 10.0. The summed E-state index contributed by atoms with van der Waals surface area (Å²) >= 11 is 0. The number of halogens is 3. The van der Waals surface area contributed by atoms with Gasteiger partial charge in [0.1, 0.15) is 6.10 Å². The molecule has 2 aliphatic carbocycles. The summed E-state index contributed by atoms with van der Waals surface area (Å²) in [5.41, 5.74) is 5.04. The maximum Gasteiger partial charge on any atom is 0.417 e. The van der Waals surface area contributed by atoms with Gasteiger partial charge in [-0.15, -0.1) is 0 Å². The van der Waals surface area contributed by atoms with E-state index in [1.165, 1.54) is 12.5 Å². The van der Waals surface area contributed by atoms with Crippen LogP contribution >= 0.6 is 0 Å². The van der Waals surface area contributed by atoms with Crippen molar-refractivity contribution in [2.75, 3.05) is 13.2 Å². The average Bonchev–Trinajstić information content (AvgIpc) is 2.89. The van der Waals surface area contributed by atoms with E-state index in [2.05, 4.69) is 58.8 Å². The van der Waals surface area contributed by atoms with E-state index < -0.39 is 26.2 Å². The van der Waals surface area contributed by atoms with Gasteiger partial charge in [-0.2, -0.15) is 13.2 Å². The van der Waals surface area contributed by atoms with Gasteiger partial charge in [0.15, 0.2) is 8.32 Å². The minimum atomic E-state index is -4.50. The van der Waals surface area contributed by atoms with E-state index in [4.69, 9.17) is 14.1 Å². The Morgan fingerprint density at radius 1 is 1.14 bits per heavy atom. The molecule has 1 saturated carbocycles. The normalized spacial score (nSPS) is 21.6. The molecule has 230 valence electrons. The standard InChI is InChI=1S/C33H45F3N2O3Si/c1-20(2)29-28(30(39)23-10-9-22(19-37-23)33(34,35)36)26(21-11-15-40-16-12-21)27-24(38-29)17-32(13-8-14-32)18-25(27)41-42(6,7)31(3,4)5/h9-11,19-20,25,30,39H,8,12-18H2,1-7H3. The number of hydrogen-bond acceptors (Lipinski definition) is 5. The third-order valence-corrected chi connectivity index (χ3v) is 14.5. The van der Waals surface area contributed by atoms with Crippen molar-refractivity contribution >= 4 is 13.9 Å². The lowest BCUT2D eigenvalue weighted by molar-refractivity contribution is -0.137. The molecule has 3 heterocycles. The van der Waals surface area contributed by atoms with E-state index >= 15 is 0 Å². The minimum absolute atomic E-state index is 0.00723. The zero-order valence-corrected chi connectivity index (χ0v) is 27.0. The van der Waals surface area contributed by atoms with Crippen LogP contribution in [0.5, 0.6) is 0 Å². The second-order valence-electron chi connectivity index (χ2n) is 14.3. The van der Waals surface area contributed by atoms with Crippen LogP contribution in [0.1, 0.15) is 124 Å². The van der Waals surface area contributed by atoms with Crippen LogP contribution in [0.4, 0.5) is 13.2 Å². The molecule has 1 fully saturated rings. The minimum Gasteiger partial charge on any atom is -0.410 e. The molecule has 0 radical (unpaired) electrons. The summed E-state index contributed by atoms with van der Waals surface area (Å²) in [6.45, 7) is 16.4. The van der Waals surface area contributed by atoms with Gasteiger partial charge in [0.2, 0.25) is 0 Å². The smallest absolute Gasteiger partial charge is 0.410 e. The van der Waals surface area contributed by atoms with Crippen molar-refractivity contribution in [2.24, 2.45) is 5.41 Å². The Morgan fingerprint density at radius 3 is 2.36 bits per heavy atom. The molecule has 2 aromatic rings. The number of aliphatic hydroxyl groups is 1. The monoisotopic (exact) mass is 602 g/mol. The number of fused-ring (bicyclic) bond motifs is 1. The van der Waals surface area contributed by atoms with Crippen LogP contribution < -0.4 is 0 Å². The molecule has 0 amide bonds. The van der Waals surface area contributed by atoms with Crippen LogP contribution in [0.15, 0.2) is 24.4 Å². The van der Waals surface area contributed by atoms with Gasteiger partial charge in [-0.25, -0.2) is 0 Å². The molecule has 42 heavy (non-hydrogen) atoms. The summed E-state index contributed by atoms with van der Waals surface area (Å²) < 4.78 is 52.9. The first kappa shape index (κ1) is 31.4. The summed E-state index contributed by atoms with van der Waals surface area (Å²) in [5.74, 6) is -0.0207. The van der Waals surface area contributed by atoms with Crippen LogP contribution in [0.25, 0.3) is 5.57 Å². The van der Waals surface area contributed by atoms with Crippen LogP contribution in [-0.2, 0) is 21.8 Å². The highest BCUT2D eigenvalue weighted by atomic mass is 28.4. The Morgan fingerprint density at radius 2 is 1.86 bits per heavy atom. The van der Waals surface area contributed by atoms with Gasteiger partial charge in [0.25, 0.3) is 0 Å². The van der Waals surface area contributed by atoms with Crippen LogP contribution in [-0.4, -0.2) is 36.6 Å². The summed E-state index contributed by atoms with van der Waals surface area (Å²) in [7, 11) is -2.21. The third kappa shape index (κ3) is 5.86. The first-order valence-corrected chi connectivity index (χ1v) is 18.2. The molecule has 2 unspecified atom stereocenters. The molecule has 9 heteroatoms. The second-order valence-corrected chi connectivity index (χ2v) is 19.1. The predicted molar refractivity (Wildman–Crippen MR) is 161 cm³/mol. The zero-order chi connectivity index (χ0) is 30.7. The fraction of sp³-hybridized carbons (Fsp3) is 0.636. The van der Waals surface area contributed by atoms with E-state index in [-0.39, 0.29) is 28.2 Å². The maximum atomic E-state index is 13.3. The van der Waals surface area contributed by atoms with Gasteiger partial charge in [-0.3, -0.25) is 9.97 Å². The summed E-state index contributed by atoms with van der Waals surface area (Å²) in [4.78, 5) is 9.41. The van der Waals surface area contributed by atoms with E-state index in [0.717, 1.165) is 66.0 Å². The number of alkyl halides is 3. The van der Waals surface area contributed by atoms with Crippen molar-refractivity contribution in [3.05, 3.63) is 63.7 Å². The van der Waals surface area contributed by atoms with Gasteiger partial charge in [-0.1, -0.05) is 47.1 Å². The molecule has 1 aliphatic heterocycles. The molecule has 0 saturated heterocycles. The molecule has 0 aromatic carbocycles.